The van der Waals surface area contributed by atoms with Gasteiger partial charge in [0.05, 0.1) is 15.6 Å². The second kappa shape index (κ2) is 11.0. The highest BCUT2D eigenvalue weighted by Gasteiger charge is 2.27. The Kier molecular flexibility index (Phi) is 8.43. The van der Waals surface area contributed by atoms with Crippen LogP contribution in [0.5, 0.6) is 0 Å². The van der Waals surface area contributed by atoms with Crippen molar-refractivity contribution in [3.05, 3.63) is 33.8 Å². The molecule has 170 valence electrons. The van der Waals surface area contributed by atoms with Crippen molar-refractivity contribution >= 4 is 41.0 Å². The Bertz CT molecular complexity index is 806. The van der Waals surface area contributed by atoms with Gasteiger partial charge in [0.1, 0.15) is 6.04 Å². The van der Waals surface area contributed by atoms with Crippen LogP contribution in [0.25, 0.3) is 0 Å². The zero-order valence-electron chi connectivity index (χ0n) is 17.8. The number of benzene rings is 1. The van der Waals surface area contributed by atoms with Gasteiger partial charge in [-0.3, -0.25) is 9.59 Å². The number of carbonyl (C=O) groups is 3. The Hall–Kier alpha value is -1.99. The van der Waals surface area contributed by atoms with Gasteiger partial charge in [0.25, 0.3) is 5.91 Å². The molecule has 3 N–H and O–H groups in total. The van der Waals surface area contributed by atoms with Crippen molar-refractivity contribution in [3.63, 3.8) is 0 Å². The van der Waals surface area contributed by atoms with E-state index in [1.165, 1.54) is 19.3 Å². The number of hydrogen-bond acceptors (Lipinski definition) is 3. The molecule has 31 heavy (non-hydrogen) atoms. The lowest BCUT2D eigenvalue weighted by molar-refractivity contribution is -0.123. The summed E-state index contributed by atoms with van der Waals surface area (Å²) in [5, 5.41) is 9.21. The molecular weight excluding hydrogens is 439 g/mol. The molecule has 1 saturated heterocycles. The van der Waals surface area contributed by atoms with Crippen molar-refractivity contribution in [2.75, 3.05) is 13.1 Å². The van der Waals surface area contributed by atoms with Gasteiger partial charge in [0, 0.05) is 25.2 Å². The third kappa shape index (κ3) is 6.50. The lowest BCUT2D eigenvalue weighted by Crippen LogP contribution is -2.53. The molecule has 1 aliphatic heterocycles. The summed E-state index contributed by atoms with van der Waals surface area (Å²) in [6, 6.07) is 4.31. The lowest BCUT2D eigenvalue weighted by atomic mass is 9.95. The normalized spacial score (nSPS) is 18.9. The van der Waals surface area contributed by atoms with Crippen LogP contribution in [0.2, 0.25) is 10.0 Å². The maximum Gasteiger partial charge on any atom is 0.317 e. The summed E-state index contributed by atoms with van der Waals surface area (Å²) in [6.45, 7) is 2.82. The topological polar surface area (TPSA) is 90.5 Å². The van der Waals surface area contributed by atoms with E-state index in [2.05, 4.69) is 16.0 Å². The minimum absolute atomic E-state index is 0.00397. The number of nitrogens with zero attached hydrogens (tertiary/aromatic N) is 1. The largest absolute Gasteiger partial charge is 0.351 e. The number of nitrogens with one attached hydrogen (secondary N) is 3. The molecule has 0 aromatic heterocycles. The van der Waals surface area contributed by atoms with Crippen LogP contribution in [0.1, 0.15) is 62.2 Å². The Labute approximate surface area is 193 Å². The molecular formula is C22H30Cl2N4O3. The fourth-order valence-corrected chi connectivity index (χ4v) is 4.47. The number of halogens is 2. The van der Waals surface area contributed by atoms with E-state index < -0.39 is 11.9 Å². The Morgan fingerprint density at radius 1 is 0.968 bits per heavy atom. The number of likely N-dealkylation sites (tertiary alicyclic amines) is 1. The minimum Gasteiger partial charge on any atom is -0.351 e. The molecule has 1 aromatic rings. The van der Waals surface area contributed by atoms with Crippen LogP contribution in [-0.4, -0.2) is 54.0 Å². The van der Waals surface area contributed by atoms with Crippen LogP contribution >= 0.6 is 23.2 Å². The second-order valence-corrected chi connectivity index (χ2v) is 9.14. The summed E-state index contributed by atoms with van der Waals surface area (Å²) in [6.07, 6.45) is 7.09. The minimum atomic E-state index is -0.727. The SMILES string of the molecule is CC(NC(=O)c1cccc(Cl)c1Cl)C(=O)NC1CCN(C(=O)NC2CCCCC2)CC1. The highest BCUT2D eigenvalue weighted by atomic mass is 35.5. The van der Waals surface area contributed by atoms with Crippen LogP contribution in [0.15, 0.2) is 18.2 Å². The monoisotopic (exact) mass is 468 g/mol. The maximum atomic E-state index is 12.5. The molecule has 1 aliphatic carbocycles. The molecule has 2 fully saturated rings. The van der Waals surface area contributed by atoms with Crippen molar-refractivity contribution in [2.45, 2.75) is 70.0 Å². The van der Waals surface area contributed by atoms with E-state index in [-0.39, 0.29) is 39.6 Å². The van der Waals surface area contributed by atoms with E-state index in [4.69, 9.17) is 23.2 Å². The number of piperidine rings is 1. The Balaban J connectivity index is 1.42. The summed E-state index contributed by atoms with van der Waals surface area (Å²) >= 11 is 12.0. The van der Waals surface area contributed by atoms with Gasteiger partial charge in [0.2, 0.25) is 5.91 Å². The van der Waals surface area contributed by atoms with Gasteiger partial charge in [-0.1, -0.05) is 48.5 Å². The number of amides is 4. The summed E-state index contributed by atoms with van der Waals surface area (Å²) < 4.78 is 0. The maximum absolute atomic E-state index is 12.5. The summed E-state index contributed by atoms with van der Waals surface area (Å²) in [7, 11) is 0. The zero-order valence-corrected chi connectivity index (χ0v) is 19.3. The second-order valence-electron chi connectivity index (χ2n) is 8.35. The van der Waals surface area contributed by atoms with Crippen LogP contribution in [-0.2, 0) is 4.79 Å². The molecule has 1 saturated carbocycles. The standard InChI is InChI=1S/C22H30Cl2N4O3/c1-14(25-21(30)17-8-5-9-18(23)19(17)24)20(29)26-16-10-12-28(13-11-16)22(31)27-15-6-3-2-4-7-15/h5,8-9,14-16H,2-4,6-7,10-13H2,1H3,(H,25,30)(H,26,29)(H,27,31). The first kappa shape index (κ1) is 23.7. The predicted molar refractivity (Wildman–Crippen MR) is 122 cm³/mol. The smallest absolute Gasteiger partial charge is 0.317 e. The molecule has 7 nitrogen and oxygen atoms in total. The first-order valence-corrected chi connectivity index (χ1v) is 11.7. The van der Waals surface area contributed by atoms with E-state index in [9.17, 15) is 14.4 Å². The first-order chi connectivity index (χ1) is 14.8. The van der Waals surface area contributed by atoms with E-state index in [0.29, 0.717) is 25.9 Å². The molecule has 3 rings (SSSR count). The Morgan fingerprint density at radius 2 is 1.61 bits per heavy atom. The molecule has 1 aromatic carbocycles. The van der Waals surface area contributed by atoms with Gasteiger partial charge < -0.3 is 20.9 Å². The molecule has 0 spiro atoms. The molecule has 1 unspecified atom stereocenters. The third-order valence-corrected chi connectivity index (χ3v) is 6.82. The molecule has 1 heterocycles. The number of urea groups is 1. The van der Waals surface area contributed by atoms with Crippen LogP contribution < -0.4 is 16.0 Å². The fraction of sp³-hybridized carbons (Fsp3) is 0.591. The average molecular weight is 469 g/mol. The van der Waals surface area contributed by atoms with Crippen LogP contribution in [0, 0.1) is 0 Å². The molecule has 2 aliphatic rings. The van der Waals surface area contributed by atoms with Crippen molar-refractivity contribution in [2.24, 2.45) is 0 Å². The predicted octanol–water partition coefficient (Wildman–Crippen LogP) is 3.73. The first-order valence-electron chi connectivity index (χ1n) is 11.0. The van der Waals surface area contributed by atoms with Crippen molar-refractivity contribution in [1.82, 2.24) is 20.9 Å². The summed E-state index contributed by atoms with van der Waals surface area (Å²) in [5.74, 6) is -0.721. The van der Waals surface area contributed by atoms with E-state index >= 15 is 0 Å². The highest BCUT2D eigenvalue weighted by Crippen LogP contribution is 2.25. The molecule has 0 radical (unpaired) electrons. The lowest BCUT2D eigenvalue weighted by Gasteiger charge is -2.34. The van der Waals surface area contributed by atoms with Gasteiger partial charge in [-0.25, -0.2) is 4.79 Å². The Morgan fingerprint density at radius 3 is 2.29 bits per heavy atom. The molecule has 0 bridgehead atoms. The van der Waals surface area contributed by atoms with Crippen LogP contribution in [0.4, 0.5) is 4.79 Å². The number of carbonyl (C=O) groups excluding carboxylic acids is 3. The number of rotatable bonds is 5. The van der Waals surface area contributed by atoms with Crippen molar-refractivity contribution in [1.29, 1.82) is 0 Å². The van der Waals surface area contributed by atoms with Gasteiger partial charge >= 0.3 is 6.03 Å². The fourth-order valence-electron chi connectivity index (χ4n) is 4.09. The van der Waals surface area contributed by atoms with Gasteiger partial charge in [0.15, 0.2) is 0 Å². The van der Waals surface area contributed by atoms with Crippen molar-refractivity contribution < 1.29 is 14.4 Å². The molecule has 9 heteroatoms. The molecule has 4 amide bonds. The number of hydrogen-bond donors (Lipinski definition) is 3. The summed E-state index contributed by atoms with van der Waals surface area (Å²) in [4.78, 5) is 39.2. The quantitative estimate of drug-likeness (QED) is 0.614. The van der Waals surface area contributed by atoms with Crippen LogP contribution in [0.3, 0.4) is 0 Å². The molecule has 1 atom stereocenters. The van der Waals surface area contributed by atoms with Gasteiger partial charge in [-0.05, 0) is 44.7 Å². The van der Waals surface area contributed by atoms with E-state index in [0.717, 1.165) is 12.8 Å². The van der Waals surface area contributed by atoms with E-state index in [1.54, 1.807) is 25.1 Å². The highest BCUT2D eigenvalue weighted by molar-refractivity contribution is 6.43. The average Bonchev–Trinajstić information content (AvgIpc) is 2.76. The summed E-state index contributed by atoms with van der Waals surface area (Å²) in [5.41, 5.74) is 0.228. The third-order valence-electron chi connectivity index (χ3n) is 6.00. The van der Waals surface area contributed by atoms with Crippen molar-refractivity contribution in [3.8, 4) is 0 Å². The van der Waals surface area contributed by atoms with Gasteiger partial charge in [-0.2, -0.15) is 0 Å². The van der Waals surface area contributed by atoms with Gasteiger partial charge in [-0.15, -0.1) is 0 Å². The van der Waals surface area contributed by atoms with E-state index in [1.807, 2.05) is 4.90 Å². The zero-order chi connectivity index (χ0) is 22.4.